The number of aromatic nitrogens is 1. The van der Waals surface area contributed by atoms with Gasteiger partial charge in [0, 0.05) is 28.0 Å². The van der Waals surface area contributed by atoms with Crippen molar-refractivity contribution in [2.75, 3.05) is 6.79 Å². The largest absolute Gasteiger partial charge is 0.481 e. The minimum Gasteiger partial charge on any atom is -0.481 e. The van der Waals surface area contributed by atoms with E-state index in [9.17, 15) is 24.6 Å². The first kappa shape index (κ1) is 30.8. The standard InChI is InChI=1S/C35H32N2O8S/c1-21(37(33(38)17-24(35(41)42)18-34(39)40)19-25-15-23-7-2-5-11-31(23)46-25)26(22-13-14-29-30(16-22)44-20-43-29)8-6-12-32-36-27-9-3-4-10-28(27)45-32/h2-7,9-16,21,24,26H,8,17-20H2,1H3,(H,39,40)(H,41,42)/b12-6+/t21-,24?,26+/m1/s1. The Kier molecular flexibility index (Phi) is 9.02. The van der Waals surface area contributed by atoms with E-state index in [1.165, 1.54) is 0 Å². The first-order valence-corrected chi connectivity index (χ1v) is 15.7. The van der Waals surface area contributed by atoms with Gasteiger partial charge in [-0.2, -0.15) is 0 Å². The molecule has 5 aromatic rings. The molecular weight excluding hydrogens is 608 g/mol. The van der Waals surface area contributed by atoms with E-state index in [-0.39, 0.29) is 19.3 Å². The fraction of sp³-hybridized carbons (Fsp3) is 0.257. The van der Waals surface area contributed by atoms with Crippen molar-refractivity contribution in [3.63, 3.8) is 0 Å². The Labute approximate surface area is 268 Å². The van der Waals surface area contributed by atoms with Crippen LogP contribution < -0.4 is 9.47 Å². The number of fused-ring (bicyclic) bond motifs is 3. The number of thiophene rings is 1. The Morgan fingerprint density at radius 3 is 2.54 bits per heavy atom. The molecule has 2 aromatic heterocycles. The van der Waals surface area contributed by atoms with Crippen LogP contribution in [0.25, 0.3) is 27.3 Å². The van der Waals surface area contributed by atoms with Crippen LogP contribution in [0.4, 0.5) is 0 Å². The van der Waals surface area contributed by atoms with Crippen molar-refractivity contribution in [2.24, 2.45) is 5.92 Å². The van der Waals surface area contributed by atoms with Crippen molar-refractivity contribution >= 4 is 56.4 Å². The number of carbonyl (C=O) groups excluding carboxylic acids is 1. The highest BCUT2D eigenvalue weighted by Crippen LogP contribution is 2.38. The molecule has 3 atom stereocenters. The molecule has 0 saturated heterocycles. The third-order valence-corrected chi connectivity index (χ3v) is 9.27. The predicted molar refractivity (Wildman–Crippen MR) is 173 cm³/mol. The van der Waals surface area contributed by atoms with Gasteiger partial charge in [-0.05, 0) is 66.8 Å². The third kappa shape index (κ3) is 6.89. The number of oxazole rings is 1. The van der Waals surface area contributed by atoms with Crippen molar-refractivity contribution in [1.82, 2.24) is 9.88 Å². The molecule has 0 spiro atoms. The number of carboxylic acids is 2. The van der Waals surface area contributed by atoms with Crippen molar-refractivity contribution in [1.29, 1.82) is 0 Å². The van der Waals surface area contributed by atoms with E-state index < -0.39 is 42.6 Å². The molecule has 3 aromatic carbocycles. The van der Waals surface area contributed by atoms with Crippen LogP contribution in [0, 0.1) is 5.92 Å². The van der Waals surface area contributed by atoms with Gasteiger partial charge in [0.25, 0.3) is 0 Å². The van der Waals surface area contributed by atoms with Gasteiger partial charge in [0.05, 0.1) is 18.9 Å². The molecule has 1 aliphatic heterocycles. The van der Waals surface area contributed by atoms with Crippen LogP contribution >= 0.6 is 11.3 Å². The third-order valence-electron chi connectivity index (χ3n) is 8.17. The quantitative estimate of drug-likeness (QED) is 0.140. The summed E-state index contributed by atoms with van der Waals surface area (Å²) in [5.41, 5.74) is 2.32. The molecule has 11 heteroatoms. The van der Waals surface area contributed by atoms with E-state index in [2.05, 4.69) is 4.98 Å². The highest BCUT2D eigenvalue weighted by molar-refractivity contribution is 7.19. The Morgan fingerprint density at radius 1 is 0.978 bits per heavy atom. The van der Waals surface area contributed by atoms with Crippen molar-refractivity contribution < 1.29 is 38.5 Å². The van der Waals surface area contributed by atoms with E-state index >= 15 is 0 Å². The lowest BCUT2D eigenvalue weighted by Gasteiger charge is -2.35. The van der Waals surface area contributed by atoms with Crippen molar-refractivity contribution in [3.8, 4) is 11.5 Å². The van der Waals surface area contributed by atoms with E-state index in [4.69, 9.17) is 13.9 Å². The molecule has 0 radical (unpaired) electrons. The number of nitrogens with zero attached hydrogens (tertiary/aromatic N) is 2. The monoisotopic (exact) mass is 640 g/mol. The number of carboxylic acid groups (broad SMARTS) is 2. The van der Waals surface area contributed by atoms with Crippen LogP contribution in [-0.4, -0.2) is 50.8 Å². The number of para-hydroxylation sites is 2. The smallest absolute Gasteiger partial charge is 0.307 e. The Hall–Kier alpha value is -5.16. The molecular formula is C35H32N2O8S. The highest BCUT2D eigenvalue weighted by Gasteiger charge is 2.33. The molecule has 46 heavy (non-hydrogen) atoms. The molecule has 0 bridgehead atoms. The molecule has 2 N–H and O–H groups in total. The SMILES string of the molecule is C[C@H]([C@H](C/C=C/c1nc2ccccc2o1)c1ccc2c(c1)OCO2)N(Cc1cc2ccccc2s1)C(=O)CC(CC(=O)O)C(=O)O. The summed E-state index contributed by atoms with van der Waals surface area (Å²) in [6.07, 6.45) is 3.14. The van der Waals surface area contributed by atoms with Crippen LogP contribution in [0.1, 0.15) is 48.4 Å². The number of amides is 1. The fourth-order valence-corrected chi connectivity index (χ4v) is 6.84. The summed E-state index contributed by atoms with van der Waals surface area (Å²) in [6, 6.07) is 22.7. The summed E-state index contributed by atoms with van der Waals surface area (Å²) < 4.78 is 18.1. The van der Waals surface area contributed by atoms with Gasteiger partial charge in [-0.1, -0.05) is 42.5 Å². The van der Waals surface area contributed by atoms with Crippen LogP contribution in [0.2, 0.25) is 0 Å². The first-order valence-electron chi connectivity index (χ1n) is 14.9. The Bertz CT molecular complexity index is 1860. The Morgan fingerprint density at radius 2 is 1.76 bits per heavy atom. The number of allylic oxidation sites excluding steroid dienone is 1. The molecule has 0 aliphatic carbocycles. The average molecular weight is 641 g/mol. The molecule has 6 rings (SSSR count). The maximum Gasteiger partial charge on any atom is 0.307 e. The summed E-state index contributed by atoms with van der Waals surface area (Å²) in [6.45, 7) is 2.28. The summed E-state index contributed by atoms with van der Waals surface area (Å²) >= 11 is 1.56. The van der Waals surface area contributed by atoms with Gasteiger partial charge in [-0.25, -0.2) is 4.98 Å². The normalized spacial score (nSPS) is 14.5. The maximum atomic E-state index is 14.0. The van der Waals surface area contributed by atoms with Crippen molar-refractivity contribution in [2.45, 2.75) is 44.7 Å². The number of benzene rings is 3. The molecule has 236 valence electrons. The van der Waals surface area contributed by atoms with E-state index in [0.29, 0.717) is 29.4 Å². The van der Waals surface area contributed by atoms with Gasteiger partial charge >= 0.3 is 11.9 Å². The molecule has 3 heterocycles. The van der Waals surface area contributed by atoms with E-state index in [0.717, 1.165) is 26.0 Å². The van der Waals surface area contributed by atoms with Gasteiger partial charge in [0.15, 0.2) is 17.1 Å². The zero-order chi connectivity index (χ0) is 32.2. The second-order valence-corrected chi connectivity index (χ2v) is 12.4. The fourth-order valence-electron chi connectivity index (χ4n) is 5.78. The molecule has 10 nitrogen and oxygen atoms in total. The van der Waals surface area contributed by atoms with Gasteiger partial charge in [-0.3, -0.25) is 14.4 Å². The number of hydrogen-bond acceptors (Lipinski definition) is 8. The average Bonchev–Trinajstić information content (AvgIpc) is 3.78. The summed E-state index contributed by atoms with van der Waals surface area (Å²) in [7, 11) is 0. The number of aliphatic carboxylic acids is 2. The van der Waals surface area contributed by atoms with Crippen LogP contribution in [0.3, 0.4) is 0 Å². The second-order valence-electron chi connectivity index (χ2n) is 11.2. The van der Waals surface area contributed by atoms with Crippen LogP contribution in [0.15, 0.2) is 83.3 Å². The minimum absolute atomic E-state index is 0.118. The highest BCUT2D eigenvalue weighted by atomic mass is 32.1. The number of hydrogen-bond donors (Lipinski definition) is 2. The molecule has 0 fully saturated rings. The van der Waals surface area contributed by atoms with Crippen LogP contribution in [-0.2, 0) is 20.9 Å². The number of carbonyl (C=O) groups is 3. The number of rotatable bonds is 13. The zero-order valence-electron chi connectivity index (χ0n) is 25.0. The minimum atomic E-state index is -1.36. The lowest BCUT2D eigenvalue weighted by molar-refractivity contribution is -0.151. The molecule has 1 unspecified atom stereocenters. The summed E-state index contributed by atoms with van der Waals surface area (Å²) in [4.78, 5) is 44.5. The van der Waals surface area contributed by atoms with Gasteiger partial charge in [0.2, 0.25) is 18.6 Å². The van der Waals surface area contributed by atoms with Gasteiger partial charge < -0.3 is 29.0 Å². The molecule has 0 saturated carbocycles. The lowest BCUT2D eigenvalue weighted by Crippen LogP contribution is -2.42. The predicted octanol–water partition coefficient (Wildman–Crippen LogP) is 6.94. The van der Waals surface area contributed by atoms with E-state index in [1.54, 1.807) is 22.3 Å². The van der Waals surface area contributed by atoms with Crippen molar-refractivity contribution in [3.05, 3.63) is 95.2 Å². The second kappa shape index (κ2) is 13.5. The first-order chi connectivity index (χ1) is 22.2. The van der Waals surface area contributed by atoms with Gasteiger partial charge in [-0.15, -0.1) is 11.3 Å². The number of ether oxygens (including phenoxy) is 2. The molecule has 1 amide bonds. The maximum absolute atomic E-state index is 14.0. The van der Waals surface area contributed by atoms with Gasteiger partial charge in [0.1, 0.15) is 5.52 Å². The summed E-state index contributed by atoms with van der Waals surface area (Å²) in [5, 5.41) is 20.1. The molecule has 1 aliphatic rings. The van der Waals surface area contributed by atoms with Crippen LogP contribution in [0.5, 0.6) is 11.5 Å². The summed E-state index contributed by atoms with van der Waals surface area (Å²) in [5.74, 6) is -2.96. The Balaban J connectivity index is 1.34. The lowest BCUT2D eigenvalue weighted by atomic mass is 9.87. The topological polar surface area (TPSA) is 139 Å². The zero-order valence-corrected chi connectivity index (χ0v) is 25.8. The van der Waals surface area contributed by atoms with E-state index in [1.807, 2.05) is 85.8 Å².